The number of anilines is 2. The molecule has 2 aromatic heterocycles. The molecule has 2 N–H and O–H groups in total. The Morgan fingerprint density at radius 3 is 2.49 bits per heavy atom. The number of hydrogen-bond donors (Lipinski definition) is 2. The van der Waals surface area contributed by atoms with Crippen LogP contribution in [0.1, 0.15) is 82.4 Å². The highest BCUT2D eigenvalue weighted by Gasteiger charge is 2.53. The Balaban J connectivity index is 0.656. The van der Waals surface area contributed by atoms with E-state index in [-0.39, 0.29) is 47.4 Å². The molecule has 11 rings (SSSR count). The summed E-state index contributed by atoms with van der Waals surface area (Å²) in [5.74, 6) is 0.258. The number of likely N-dealkylation sites (tertiary alicyclic amines) is 1. The molecule has 63 heavy (non-hydrogen) atoms. The van der Waals surface area contributed by atoms with Crippen molar-refractivity contribution in [1.29, 1.82) is 0 Å². The molecule has 6 aliphatic heterocycles. The van der Waals surface area contributed by atoms with Gasteiger partial charge in [-0.2, -0.15) is 5.10 Å². The minimum Gasteiger partial charge on any atom is -0.484 e. The lowest BCUT2D eigenvalue weighted by molar-refractivity contribution is -0.138. The van der Waals surface area contributed by atoms with Crippen LogP contribution in [0.4, 0.5) is 24.7 Å². The molecular formula is C46H55F3N10O4. The summed E-state index contributed by atoms with van der Waals surface area (Å²) >= 11 is 0. The number of carbonyl (C=O) groups excluding carboxylic acids is 2. The molecule has 17 heteroatoms. The summed E-state index contributed by atoms with van der Waals surface area (Å²) in [4.78, 5) is 44.6. The van der Waals surface area contributed by atoms with E-state index in [4.69, 9.17) is 9.47 Å². The van der Waals surface area contributed by atoms with E-state index in [1.54, 1.807) is 12.1 Å². The quantitative estimate of drug-likeness (QED) is 0.154. The van der Waals surface area contributed by atoms with Crippen molar-refractivity contribution >= 4 is 34.2 Å². The maximum absolute atomic E-state index is 16.5. The predicted octanol–water partition coefficient (Wildman–Crippen LogP) is 5.48. The van der Waals surface area contributed by atoms with Gasteiger partial charge in [0, 0.05) is 95.4 Å². The summed E-state index contributed by atoms with van der Waals surface area (Å²) in [6.07, 6.45) is 6.46. The summed E-state index contributed by atoms with van der Waals surface area (Å²) in [6, 6.07) is 8.29. The Bertz CT molecular complexity index is 2430. The van der Waals surface area contributed by atoms with Crippen LogP contribution < -0.4 is 19.9 Å². The van der Waals surface area contributed by atoms with Gasteiger partial charge < -0.3 is 24.2 Å². The second-order valence-electron chi connectivity index (χ2n) is 19.5. The fraction of sp³-hybridized carbons (Fsp3) is 0.587. The SMILES string of the molecule is C[C@H]1CN(c2cc(-c3n[nH]c4cc(F)c(OC5(C)CC5)cc34)ncn2)CCN1CC1(F)CCN(CC2CCN(c3cc4c(cc3F)C3OC3N(C3CCC(=O)NC3=O)C4)CC2)CC1. The molecular weight excluding hydrogens is 814 g/mol. The average Bonchev–Trinajstić information content (AvgIpc) is 4.19. The first-order chi connectivity index (χ1) is 30.4. The number of alkyl halides is 1. The number of nitrogens with zero attached hydrogens (tertiary/aromatic N) is 8. The monoisotopic (exact) mass is 868 g/mol. The topological polar surface area (TPSA) is 139 Å². The number of hydrogen-bond acceptors (Lipinski definition) is 12. The van der Waals surface area contributed by atoms with Gasteiger partial charge in [0.25, 0.3) is 0 Å². The van der Waals surface area contributed by atoms with Gasteiger partial charge in [0.2, 0.25) is 11.8 Å². The number of fused-ring (bicyclic) bond motifs is 4. The number of carbonyl (C=O) groups is 2. The van der Waals surface area contributed by atoms with Crippen molar-refractivity contribution in [2.24, 2.45) is 5.92 Å². The molecule has 334 valence electrons. The third kappa shape index (κ3) is 8.03. The van der Waals surface area contributed by atoms with Crippen molar-refractivity contribution < 1.29 is 32.2 Å². The maximum Gasteiger partial charge on any atom is 0.244 e. The summed E-state index contributed by atoms with van der Waals surface area (Å²) in [5.41, 5.74) is 2.66. The van der Waals surface area contributed by atoms with Gasteiger partial charge in [-0.25, -0.2) is 23.1 Å². The van der Waals surface area contributed by atoms with Crippen LogP contribution in [-0.2, 0) is 20.9 Å². The van der Waals surface area contributed by atoms with Gasteiger partial charge in [-0.1, -0.05) is 0 Å². The molecule has 3 unspecified atom stereocenters. The lowest BCUT2D eigenvalue weighted by Crippen LogP contribution is -2.57. The molecule has 4 atom stereocenters. The normalized spacial score (nSPS) is 27.6. The number of amides is 2. The third-order valence-electron chi connectivity index (χ3n) is 14.9. The lowest BCUT2D eigenvalue weighted by Gasteiger charge is -2.45. The van der Waals surface area contributed by atoms with E-state index in [9.17, 15) is 14.0 Å². The molecule has 8 heterocycles. The molecule has 0 spiro atoms. The fourth-order valence-electron chi connectivity index (χ4n) is 10.7. The molecule has 1 saturated carbocycles. The van der Waals surface area contributed by atoms with Gasteiger partial charge in [-0.15, -0.1) is 0 Å². The molecule has 5 saturated heterocycles. The molecule has 2 aromatic carbocycles. The van der Waals surface area contributed by atoms with Gasteiger partial charge in [0.05, 0.1) is 22.9 Å². The number of benzene rings is 2. The van der Waals surface area contributed by atoms with E-state index < -0.39 is 17.5 Å². The van der Waals surface area contributed by atoms with Crippen LogP contribution in [0.2, 0.25) is 0 Å². The lowest BCUT2D eigenvalue weighted by atomic mass is 9.89. The number of aromatic nitrogens is 4. The summed E-state index contributed by atoms with van der Waals surface area (Å²) in [7, 11) is 0. The van der Waals surface area contributed by atoms with E-state index in [0.29, 0.717) is 80.4 Å². The molecule has 14 nitrogen and oxygen atoms in total. The predicted molar refractivity (Wildman–Crippen MR) is 229 cm³/mol. The molecule has 4 aromatic rings. The summed E-state index contributed by atoms with van der Waals surface area (Å²) in [6.45, 7) is 11.0. The first-order valence-corrected chi connectivity index (χ1v) is 22.8. The van der Waals surface area contributed by atoms with Gasteiger partial charge in [-0.05, 0) is 94.0 Å². The Morgan fingerprint density at radius 2 is 1.73 bits per heavy atom. The van der Waals surface area contributed by atoms with E-state index in [0.717, 1.165) is 87.3 Å². The van der Waals surface area contributed by atoms with Crippen molar-refractivity contribution in [3.63, 3.8) is 0 Å². The van der Waals surface area contributed by atoms with Crippen molar-refractivity contribution in [2.75, 3.05) is 68.7 Å². The Morgan fingerprint density at radius 1 is 0.921 bits per heavy atom. The minimum atomic E-state index is -1.25. The summed E-state index contributed by atoms with van der Waals surface area (Å²) in [5, 5.41) is 10.6. The molecule has 0 bridgehead atoms. The van der Waals surface area contributed by atoms with Crippen molar-refractivity contribution in [1.82, 2.24) is 40.2 Å². The largest absolute Gasteiger partial charge is 0.484 e. The zero-order valence-electron chi connectivity index (χ0n) is 35.9. The van der Waals surface area contributed by atoms with Crippen LogP contribution in [0.15, 0.2) is 36.7 Å². The van der Waals surface area contributed by atoms with Crippen molar-refractivity contribution in [3.8, 4) is 17.1 Å². The second kappa shape index (κ2) is 15.7. The van der Waals surface area contributed by atoms with Gasteiger partial charge in [0.15, 0.2) is 11.6 Å². The standard InChI is InChI=1S/C46H55F3N10O4/c1-27-22-57(39-21-35(50-26-51-39)41-31-19-38(63-45(2)7-8-45)33(48)20-34(31)53-54-41)15-16-58(27)25-46(49)9-13-55(14-10-46)23-28-5-11-56(12-6-28)37-17-29-24-59(36-3-4-40(60)52-43(36)61)44-42(62-44)30(29)18-32(37)47/h17-21,26-28,36,42,44H,3-16,22-25H2,1-2H3,(H,53,54)(H,52,60,61)/t27-,36?,42?,44?/m0/s1. The molecule has 7 aliphatic rings. The van der Waals surface area contributed by atoms with Crippen molar-refractivity contribution in [3.05, 3.63) is 59.4 Å². The molecule has 2 amide bonds. The smallest absolute Gasteiger partial charge is 0.244 e. The summed E-state index contributed by atoms with van der Waals surface area (Å²) < 4.78 is 58.9. The van der Waals surface area contributed by atoms with E-state index in [1.807, 2.05) is 24.0 Å². The van der Waals surface area contributed by atoms with Gasteiger partial charge in [-0.3, -0.25) is 29.8 Å². The molecule has 0 radical (unpaired) electrons. The zero-order valence-corrected chi connectivity index (χ0v) is 35.9. The Kier molecular flexibility index (Phi) is 10.2. The fourth-order valence-corrected chi connectivity index (χ4v) is 10.7. The van der Waals surface area contributed by atoms with E-state index >= 15 is 8.78 Å². The number of halogens is 3. The van der Waals surface area contributed by atoms with Crippen LogP contribution in [0.25, 0.3) is 22.3 Å². The average molecular weight is 869 g/mol. The maximum atomic E-state index is 16.5. The Hall–Kier alpha value is -4.84. The number of H-pyrrole nitrogens is 1. The first kappa shape index (κ1) is 40.9. The van der Waals surface area contributed by atoms with Gasteiger partial charge in [0.1, 0.15) is 47.3 Å². The van der Waals surface area contributed by atoms with Gasteiger partial charge >= 0.3 is 0 Å². The number of epoxide rings is 1. The van der Waals surface area contributed by atoms with Crippen LogP contribution in [0.3, 0.4) is 0 Å². The number of aromatic amines is 1. The first-order valence-electron chi connectivity index (χ1n) is 22.8. The van der Waals surface area contributed by atoms with E-state index in [2.05, 4.69) is 52.0 Å². The minimum absolute atomic E-state index is 0.119. The second-order valence-corrected chi connectivity index (χ2v) is 19.5. The van der Waals surface area contributed by atoms with Crippen molar-refractivity contribution in [2.45, 2.75) is 107 Å². The number of ether oxygens (including phenoxy) is 2. The number of nitrogens with one attached hydrogen (secondary N) is 2. The zero-order chi connectivity index (χ0) is 43.2. The highest BCUT2D eigenvalue weighted by Crippen LogP contribution is 2.50. The Labute approximate surface area is 364 Å². The molecule has 6 fully saturated rings. The molecule has 1 aliphatic carbocycles. The number of rotatable bonds is 10. The number of imide groups is 1. The highest BCUT2D eigenvalue weighted by molar-refractivity contribution is 6.00. The van der Waals surface area contributed by atoms with Crippen LogP contribution >= 0.6 is 0 Å². The number of piperazine rings is 1. The number of piperidine rings is 3. The van der Waals surface area contributed by atoms with E-state index in [1.165, 1.54) is 12.4 Å². The van der Waals surface area contributed by atoms with Crippen LogP contribution in [-0.4, -0.2) is 135 Å². The van der Waals surface area contributed by atoms with Crippen LogP contribution in [0, 0.1) is 17.6 Å². The van der Waals surface area contributed by atoms with Crippen LogP contribution in [0.5, 0.6) is 5.75 Å². The highest BCUT2D eigenvalue weighted by atomic mass is 19.1. The third-order valence-corrected chi connectivity index (χ3v) is 14.9.